The zero-order valence-corrected chi connectivity index (χ0v) is 30.0. The Balaban J connectivity index is 1.57. The van der Waals surface area contributed by atoms with Crippen LogP contribution in [0.15, 0.2) is 113 Å². The summed E-state index contributed by atoms with van der Waals surface area (Å²) in [4.78, 5) is 31.5. The van der Waals surface area contributed by atoms with Gasteiger partial charge in [-0.3, -0.25) is 13.9 Å². The highest BCUT2D eigenvalue weighted by atomic mass is 32.2. The molecule has 4 aromatic rings. The van der Waals surface area contributed by atoms with Gasteiger partial charge in [-0.15, -0.1) is 11.8 Å². The third-order valence-electron chi connectivity index (χ3n) is 8.94. The highest BCUT2D eigenvalue weighted by Gasteiger charge is 2.35. The minimum Gasteiger partial charge on any atom is -0.494 e. The van der Waals surface area contributed by atoms with Crippen molar-refractivity contribution in [3.05, 3.63) is 120 Å². The molecule has 0 radical (unpaired) electrons. The number of carbonyl (C=O) groups is 2. The average molecular weight is 700 g/mol. The number of aryl methyl sites for hydroxylation is 1. The van der Waals surface area contributed by atoms with Crippen LogP contribution < -0.4 is 14.4 Å². The zero-order chi connectivity index (χ0) is 34.8. The summed E-state index contributed by atoms with van der Waals surface area (Å²) in [6.07, 6.45) is 6.10. The molecule has 8 nitrogen and oxygen atoms in total. The van der Waals surface area contributed by atoms with Gasteiger partial charge in [-0.05, 0) is 98.2 Å². The van der Waals surface area contributed by atoms with Crippen LogP contribution in [0.3, 0.4) is 0 Å². The minimum absolute atomic E-state index is 0.0474. The van der Waals surface area contributed by atoms with Gasteiger partial charge in [-0.1, -0.05) is 67.4 Å². The van der Waals surface area contributed by atoms with E-state index in [1.807, 2.05) is 74.7 Å². The summed E-state index contributed by atoms with van der Waals surface area (Å²) in [6.45, 7) is 3.94. The van der Waals surface area contributed by atoms with E-state index in [9.17, 15) is 18.0 Å². The number of hydrogen-bond acceptors (Lipinski definition) is 6. The van der Waals surface area contributed by atoms with E-state index in [0.29, 0.717) is 18.0 Å². The smallest absolute Gasteiger partial charge is 0.264 e. The van der Waals surface area contributed by atoms with Crippen LogP contribution in [0, 0.1) is 6.92 Å². The predicted molar refractivity (Wildman–Crippen MR) is 196 cm³/mol. The summed E-state index contributed by atoms with van der Waals surface area (Å²) in [5.41, 5.74) is 3.07. The number of nitrogens with zero attached hydrogens (tertiary/aromatic N) is 2. The average Bonchev–Trinajstić information content (AvgIpc) is 3.63. The predicted octanol–water partition coefficient (Wildman–Crippen LogP) is 7.01. The first-order chi connectivity index (χ1) is 23.7. The molecule has 0 aromatic heterocycles. The normalized spacial score (nSPS) is 13.9. The molecule has 1 fully saturated rings. The number of carbonyl (C=O) groups excluding carboxylic acids is 2. The quantitative estimate of drug-likeness (QED) is 0.134. The molecule has 49 heavy (non-hydrogen) atoms. The van der Waals surface area contributed by atoms with Gasteiger partial charge in [0, 0.05) is 23.9 Å². The van der Waals surface area contributed by atoms with Gasteiger partial charge < -0.3 is 15.0 Å². The number of sulfonamides is 1. The van der Waals surface area contributed by atoms with E-state index in [2.05, 4.69) is 5.32 Å². The van der Waals surface area contributed by atoms with Crippen LogP contribution in [0.25, 0.3) is 0 Å². The molecule has 1 aliphatic carbocycles. The molecule has 1 saturated carbocycles. The minimum atomic E-state index is -4.20. The van der Waals surface area contributed by atoms with Gasteiger partial charge >= 0.3 is 0 Å². The van der Waals surface area contributed by atoms with Gasteiger partial charge in [-0.2, -0.15) is 0 Å². The first-order valence-electron chi connectivity index (χ1n) is 16.8. The van der Waals surface area contributed by atoms with Crippen LogP contribution in [-0.2, 0) is 32.6 Å². The molecule has 0 heterocycles. The van der Waals surface area contributed by atoms with Crippen LogP contribution in [-0.4, -0.2) is 56.6 Å². The lowest BCUT2D eigenvalue weighted by Gasteiger charge is -2.34. The first-order valence-corrected chi connectivity index (χ1v) is 19.4. The van der Waals surface area contributed by atoms with Crippen molar-refractivity contribution in [1.82, 2.24) is 10.2 Å². The second-order valence-electron chi connectivity index (χ2n) is 12.3. The van der Waals surface area contributed by atoms with Crippen LogP contribution >= 0.6 is 11.8 Å². The van der Waals surface area contributed by atoms with Crippen molar-refractivity contribution < 1.29 is 22.7 Å². The van der Waals surface area contributed by atoms with Crippen molar-refractivity contribution in [1.29, 1.82) is 0 Å². The number of benzene rings is 4. The molecule has 1 N–H and O–H groups in total. The lowest BCUT2D eigenvalue weighted by Crippen LogP contribution is -2.54. The van der Waals surface area contributed by atoms with Crippen LogP contribution in [0.4, 0.5) is 5.69 Å². The number of rotatable bonds is 15. The fraction of sp³-hybridized carbons (Fsp3) is 0.333. The van der Waals surface area contributed by atoms with Crippen LogP contribution in [0.2, 0.25) is 0 Å². The summed E-state index contributed by atoms with van der Waals surface area (Å²) in [6, 6.07) is 29.9. The fourth-order valence-corrected chi connectivity index (χ4v) is 7.99. The third kappa shape index (κ3) is 9.25. The van der Waals surface area contributed by atoms with E-state index in [1.54, 1.807) is 53.4 Å². The molecule has 5 rings (SSSR count). The molecule has 0 aliphatic heterocycles. The van der Waals surface area contributed by atoms with E-state index in [-0.39, 0.29) is 29.8 Å². The maximum absolute atomic E-state index is 14.8. The molecule has 0 saturated heterocycles. The van der Waals surface area contributed by atoms with E-state index in [4.69, 9.17) is 4.74 Å². The van der Waals surface area contributed by atoms with E-state index >= 15 is 0 Å². The number of nitrogens with one attached hydrogen (secondary N) is 1. The van der Waals surface area contributed by atoms with E-state index < -0.39 is 28.5 Å². The monoisotopic (exact) mass is 699 g/mol. The molecular weight excluding hydrogens is 655 g/mol. The lowest BCUT2D eigenvalue weighted by molar-refractivity contribution is -0.140. The van der Waals surface area contributed by atoms with Gasteiger partial charge in [0.25, 0.3) is 10.0 Å². The van der Waals surface area contributed by atoms with Gasteiger partial charge in [0.05, 0.1) is 17.2 Å². The maximum atomic E-state index is 14.8. The summed E-state index contributed by atoms with van der Waals surface area (Å²) >= 11 is 1.51. The van der Waals surface area contributed by atoms with E-state index in [1.165, 1.54) is 11.8 Å². The first kappa shape index (κ1) is 36.0. The maximum Gasteiger partial charge on any atom is 0.264 e. The van der Waals surface area contributed by atoms with Crippen molar-refractivity contribution in [2.45, 2.75) is 74.4 Å². The highest BCUT2D eigenvalue weighted by Crippen LogP contribution is 2.29. The Morgan fingerprint density at radius 1 is 0.898 bits per heavy atom. The Morgan fingerprint density at radius 3 is 2.18 bits per heavy atom. The van der Waals surface area contributed by atoms with Crippen molar-refractivity contribution in [3.8, 4) is 5.75 Å². The molecule has 4 aromatic carbocycles. The summed E-state index contributed by atoms with van der Waals surface area (Å²) in [7, 11) is -4.20. The van der Waals surface area contributed by atoms with Crippen LogP contribution in [0.1, 0.15) is 49.3 Å². The summed E-state index contributed by atoms with van der Waals surface area (Å²) in [5, 5.41) is 3.22. The molecule has 0 unspecified atom stereocenters. The Bertz CT molecular complexity index is 1790. The Morgan fingerprint density at radius 2 is 1.55 bits per heavy atom. The second kappa shape index (κ2) is 16.9. The van der Waals surface area contributed by atoms with E-state index in [0.717, 1.165) is 51.6 Å². The molecule has 258 valence electrons. The van der Waals surface area contributed by atoms with Gasteiger partial charge in [-0.25, -0.2) is 8.42 Å². The third-order valence-corrected chi connectivity index (χ3v) is 11.5. The molecule has 0 spiro atoms. The zero-order valence-electron chi connectivity index (χ0n) is 28.4. The number of anilines is 1. The SMILES string of the molecule is CCOc1ccc(N(CC(=O)N(Cc2ccccc2C)[C@H](Cc2ccccc2)C(=O)NC2CCCC2)S(=O)(=O)c2ccc(SC)cc2)cc1. The molecule has 10 heteroatoms. The lowest BCUT2D eigenvalue weighted by atomic mass is 10.0. The number of amides is 2. The Labute approximate surface area is 294 Å². The number of hydrogen-bond donors (Lipinski definition) is 1. The van der Waals surface area contributed by atoms with Crippen molar-refractivity contribution >= 4 is 39.3 Å². The van der Waals surface area contributed by atoms with Crippen LogP contribution in [0.5, 0.6) is 5.75 Å². The number of ether oxygens (including phenoxy) is 1. The van der Waals surface area contributed by atoms with Gasteiger partial charge in [0.2, 0.25) is 11.8 Å². The van der Waals surface area contributed by atoms with Crippen molar-refractivity contribution in [2.75, 3.05) is 23.7 Å². The second-order valence-corrected chi connectivity index (χ2v) is 15.0. The van der Waals surface area contributed by atoms with Crippen molar-refractivity contribution in [2.24, 2.45) is 0 Å². The summed E-state index contributed by atoms with van der Waals surface area (Å²) in [5.74, 6) is -0.128. The van der Waals surface area contributed by atoms with Gasteiger partial charge in [0.1, 0.15) is 18.3 Å². The molecular formula is C39H45N3O5S2. The van der Waals surface area contributed by atoms with Gasteiger partial charge in [0.15, 0.2) is 0 Å². The Hall–Kier alpha value is -4.28. The fourth-order valence-electron chi connectivity index (χ4n) is 6.17. The Kier molecular flexibility index (Phi) is 12.4. The topological polar surface area (TPSA) is 96.0 Å². The standard InChI is InChI=1S/C39H45N3O5S2/c1-4-47-34-20-18-33(19-21-34)42(49(45,46)36-24-22-35(48-3)23-25-36)28-38(43)41(27-31-15-9-8-12-29(31)2)37(26-30-13-6-5-7-14-30)39(44)40-32-16-10-11-17-32/h5-9,12-15,18-25,32,37H,4,10-11,16-17,26-28H2,1-3H3,(H,40,44)/t37-/m1/s1. The molecule has 1 aliphatic rings. The largest absolute Gasteiger partial charge is 0.494 e. The number of thioether (sulfide) groups is 1. The van der Waals surface area contributed by atoms with Crippen molar-refractivity contribution in [3.63, 3.8) is 0 Å². The molecule has 1 atom stereocenters. The summed E-state index contributed by atoms with van der Waals surface area (Å²) < 4.78 is 35.5. The highest BCUT2D eigenvalue weighted by molar-refractivity contribution is 7.98. The molecule has 0 bridgehead atoms. The molecule has 2 amide bonds.